The molecule has 38 heavy (non-hydrogen) atoms. The van der Waals surface area contributed by atoms with E-state index in [1.165, 1.54) is 0 Å². The Labute approximate surface area is 222 Å². The first-order valence-electron chi connectivity index (χ1n) is 12.5. The lowest BCUT2D eigenvalue weighted by Crippen LogP contribution is -2.26. The van der Waals surface area contributed by atoms with E-state index < -0.39 is 0 Å². The molecule has 4 aromatic carbocycles. The Balaban J connectivity index is 1.19. The van der Waals surface area contributed by atoms with Gasteiger partial charge in [0, 0.05) is 16.9 Å². The highest BCUT2D eigenvalue weighted by atomic mass is 16.5. The van der Waals surface area contributed by atoms with E-state index in [9.17, 15) is 9.59 Å². The molecule has 1 unspecified atom stereocenters. The normalized spacial score (nSPS) is 11.2. The molecule has 0 bridgehead atoms. The van der Waals surface area contributed by atoms with E-state index >= 15 is 0 Å². The Morgan fingerprint density at radius 3 is 2.03 bits per heavy atom. The van der Waals surface area contributed by atoms with Gasteiger partial charge < -0.3 is 25.4 Å². The maximum atomic E-state index is 12.7. The number of ether oxygens (including phenoxy) is 2. The molecule has 0 aliphatic carbocycles. The van der Waals surface area contributed by atoms with Gasteiger partial charge in [-0.05, 0) is 67.1 Å². The number of hydrogen-bond acceptors (Lipinski definition) is 5. The van der Waals surface area contributed by atoms with Crippen molar-refractivity contribution in [2.45, 2.75) is 13.0 Å². The summed E-state index contributed by atoms with van der Waals surface area (Å²) in [6.07, 6.45) is 0. The van der Waals surface area contributed by atoms with Crippen molar-refractivity contribution >= 4 is 23.2 Å². The maximum absolute atomic E-state index is 12.7. The third-order valence-corrected chi connectivity index (χ3v) is 5.73. The zero-order valence-electron chi connectivity index (χ0n) is 21.2. The number of nitrogens with one attached hydrogen (secondary N) is 3. The summed E-state index contributed by atoms with van der Waals surface area (Å²) in [7, 11) is 0. The van der Waals surface area contributed by atoms with Crippen LogP contribution in [0.5, 0.6) is 11.5 Å². The lowest BCUT2D eigenvalue weighted by Gasteiger charge is -2.15. The van der Waals surface area contributed by atoms with Crippen LogP contribution < -0.4 is 25.4 Å². The van der Waals surface area contributed by atoms with Crippen molar-refractivity contribution in [3.8, 4) is 11.5 Å². The molecule has 7 heteroatoms. The van der Waals surface area contributed by atoms with Gasteiger partial charge in [-0.15, -0.1) is 0 Å². The molecule has 4 aromatic rings. The highest BCUT2D eigenvalue weighted by Gasteiger charge is 2.12. The first-order valence-corrected chi connectivity index (χ1v) is 12.5. The SMILES string of the molecule is CC(NC(=O)c1cccc(NCC(=O)Nc2ccc(OCCOc3ccccc3)cc2)c1)c1ccccc1. The third-order valence-electron chi connectivity index (χ3n) is 5.73. The van der Waals surface area contributed by atoms with Gasteiger partial charge in [0.25, 0.3) is 5.91 Å². The van der Waals surface area contributed by atoms with Crippen LogP contribution >= 0.6 is 0 Å². The van der Waals surface area contributed by atoms with Crippen molar-refractivity contribution in [2.75, 3.05) is 30.4 Å². The first kappa shape index (κ1) is 26.3. The Morgan fingerprint density at radius 2 is 1.34 bits per heavy atom. The van der Waals surface area contributed by atoms with Gasteiger partial charge in [-0.3, -0.25) is 9.59 Å². The third kappa shape index (κ3) is 8.13. The Morgan fingerprint density at radius 1 is 0.711 bits per heavy atom. The summed E-state index contributed by atoms with van der Waals surface area (Å²) in [5.74, 6) is 1.11. The van der Waals surface area contributed by atoms with Crippen molar-refractivity contribution in [3.05, 3.63) is 120 Å². The van der Waals surface area contributed by atoms with Gasteiger partial charge >= 0.3 is 0 Å². The smallest absolute Gasteiger partial charge is 0.251 e. The van der Waals surface area contributed by atoms with Gasteiger partial charge in [0.2, 0.25) is 5.91 Å². The molecule has 3 N–H and O–H groups in total. The fourth-order valence-corrected chi connectivity index (χ4v) is 3.73. The molecule has 0 heterocycles. The van der Waals surface area contributed by atoms with E-state index in [-0.39, 0.29) is 24.4 Å². The van der Waals surface area contributed by atoms with Crippen LogP contribution in [0.15, 0.2) is 109 Å². The van der Waals surface area contributed by atoms with Crippen molar-refractivity contribution < 1.29 is 19.1 Å². The number of benzene rings is 4. The minimum Gasteiger partial charge on any atom is -0.490 e. The molecule has 194 valence electrons. The molecule has 0 saturated heterocycles. The van der Waals surface area contributed by atoms with Crippen LogP contribution in [0.25, 0.3) is 0 Å². The van der Waals surface area contributed by atoms with Crippen LogP contribution in [0.1, 0.15) is 28.9 Å². The predicted molar refractivity (Wildman–Crippen MR) is 150 cm³/mol. The summed E-state index contributed by atoms with van der Waals surface area (Å²) in [6, 6.07) is 33.5. The van der Waals surface area contributed by atoms with Gasteiger partial charge in [0.1, 0.15) is 24.7 Å². The van der Waals surface area contributed by atoms with Crippen molar-refractivity contribution in [3.63, 3.8) is 0 Å². The van der Waals surface area contributed by atoms with Crippen LogP contribution in [0.3, 0.4) is 0 Å². The molecule has 2 amide bonds. The van der Waals surface area contributed by atoms with Gasteiger partial charge in [-0.25, -0.2) is 0 Å². The number of carbonyl (C=O) groups excluding carboxylic acids is 2. The molecular formula is C31H31N3O4. The summed E-state index contributed by atoms with van der Waals surface area (Å²) in [5, 5.41) is 8.92. The Bertz CT molecular complexity index is 1310. The molecule has 0 spiro atoms. The van der Waals surface area contributed by atoms with E-state index in [2.05, 4.69) is 16.0 Å². The number of hydrogen-bond donors (Lipinski definition) is 3. The summed E-state index contributed by atoms with van der Waals surface area (Å²) in [5.41, 5.74) is 2.89. The first-order chi connectivity index (χ1) is 18.6. The van der Waals surface area contributed by atoms with Gasteiger partial charge in [-0.2, -0.15) is 0 Å². The number of rotatable bonds is 12. The van der Waals surface area contributed by atoms with Crippen molar-refractivity contribution in [1.82, 2.24) is 5.32 Å². The number of para-hydroxylation sites is 1. The average Bonchev–Trinajstić information content (AvgIpc) is 2.96. The zero-order chi connectivity index (χ0) is 26.6. The lowest BCUT2D eigenvalue weighted by molar-refractivity contribution is -0.114. The Kier molecular flexibility index (Phi) is 9.34. The van der Waals surface area contributed by atoms with Crippen LogP contribution in [-0.2, 0) is 4.79 Å². The molecule has 1 atom stereocenters. The van der Waals surface area contributed by atoms with E-state index in [1.54, 1.807) is 42.5 Å². The van der Waals surface area contributed by atoms with Gasteiger partial charge in [0.05, 0.1) is 12.6 Å². The number of amides is 2. The zero-order valence-corrected chi connectivity index (χ0v) is 21.2. The second-order valence-electron chi connectivity index (χ2n) is 8.62. The van der Waals surface area contributed by atoms with E-state index in [0.717, 1.165) is 11.3 Å². The standard InChI is InChI=1S/C31H31N3O4/c1-23(24-9-4-2-5-10-24)33-31(36)25-11-8-12-27(21-25)32-22-30(35)34-26-15-17-29(18-16-26)38-20-19-37-28-13-6-3-7-14-28/h2-18,21,23,32H,19-20,22H2,1H3,(H,33,36)(H,34,35). The van der Waals surface area contributed by atoms with Crippen LogP contribution in [-0.4, -0.2) is 31.6 Å². The second kappa shape index (κ2) is 13.5. The van der Waals surface area contributed by atoms with Crippen LogP contribution in [0, 0.1) is 0 Å². The van der Waals surface area contributed by atoms with Crippen molar-refractivity contribution in [1.29, 1.82) is 0 Å². The predicted octanol–water partition coefficient (Wildman–Crippen LogP) is 5.69. The minimum absolute atomic E-state index is 0.0561. The number of carbonyl (C=O) groups is 2. The molecule has 7 nitrogen and oxygen atoms in total. The van der Waals surface area contributed by atoms with Crippen LogP contribution in [0.2, 0.25) is 0 Å². The van der Waals surface area contributed by atoms with Gasteiger partial charge in [0.15, 0.2) is 0 Å². The second-order valence-corrected chi connectivity index (χ2v) is 8.62. The number of anilines is 2. The average molecular weight is 510 g/mol. The van der Waals surface area contributed by atoms with Crippen molar-refractivity contribution in [2.24, 2.45) is 0 Å². The fraction of sp³-hybridized carbons (Fsp3) is 0.161. The monoisotopic (exact) mass is 509 g/mol. The summed E-state index contributed by atoms with van der Waals surface area (Å²) in [6.45, 7) is 2.84. The fourth-order valence-electron chi connectivity index (χ4n) is 3.73. The largest absolute Gasteiger partial charge is 0.490 e. The maximum Gasteiger partial charge on any atom is 0.251 e. The minimum atomic E-state index is -0.206. The molecule has 0 aromatic heterocycles. The highest BCUT2D eigenvalue weighted by molar-refractivity contribution is 5.96. The summed E-state index contributed by atoms with van der Waals surface area (Å²) < 4.78 is 11.3. The molecule has 4 rings (SSSR count). The molecule has 0 saturated carbocycles. The van der Waals surface area contributed by atoms with E-state index in [4.69, 9.17) is 9.47 Å². The molecular weight excluding hydrogens is 478 g/mol. The van der Waals surface area contributed by atoms with Gasteiger partial charge in [-0.1, -0.05) is 54.6 Å². The molecule has 0 aliphatic heterocycles. The molecule has 0 radical (unpaired) electrons. The molecule has 0 fully saturated rings. The van der Waals surface area contributed by atoms with E-state index in [1.807, 2.05) is 73.7 Å². The quantitative estimate of drug-likeness (QED) is 0.214. The topological polar surface area (TPSA) is 88.7 Å². The Hall–Kier alpha value is -4.78. The van der Waals surface area contributed by atoms with E-state index in [0.29, 0.717) is 35.9 Å². The highest BCUT2D eigenvalue weighted by Crippen LogP contribution is 2.17. The lowest BCUT2D eigenvalue weighted by atomic mass is 10.1. The molecule has 0 aliphatic rings. The van der Waals surface area contributed by atoms with Crippen LogP contribution in [0.4, 0.5) is 11.4 Å². The summed E-state index contributed by atoms with van der Waals surface area (Å²) >= 11 is 0. The summed E-state index contributed by atoms with van der Waals surface area (Å²) in [4.78, 5) is 25.1.